The van der Waals surface area contributed by atoms with Crippen LogP contribution in [0.15, 0.2) is 22.7 Å². The van der Waals surface area contributed by atoms with Crippen LogP contribution in [0.3, 0.4) is 0 Å². The van der Waals surface area contributed by atoms with E-state index in [0.717, 1.165) is 18.9 Å². The predicted molar refractivity (Wildman–Crippen MR) is 90.3 cm³/mol. The third kappa shape index (κ3) is 5.19. The number of nitrogens with zero attached hydrogens (tertiary/aromatic N) is 1. The predicted octanol–water partition coefficient (Wildman–Crippen LogP) is 3.62. The van der Waals surface area contributed by atoms with Gasteiger partial charge >= 0.3 is 0 Å². The standard InChI is InChI=1S/C17H27BrN2/c1-14-5-6-17(18)12-16(14)8-11-20(2)10-7-15-4-3-9-19-13-15/h5-6,12,15,19H,3-4,7-11,13H2,1-2H3. The number of halogens is 1. The van der Waals surface area contributed by atoms with Gasteiger partial charge in [-0.25, -0.2) is 0 Å². The fourth-order valence-electron chi connectivity index (χ4n) is 2.91. The van der Waals surface area contributed by atoms with Crippen LogP contribution in [0.25, 0.3) is 0 Å². The van der Waals surface area contributed by atoms with Crippen molar-refractivity contribution >= 4 is 15.9 Å². The van der Waals surface area contributed by atoms with Crippen molar-refractivity contribution in [2.24, 2.45) is 5.92 Å². The van der Waals surface area contributed by atoms with Crippen molar-refractivity contribution in [2.45, 2.75) is 32.6 Å². The lowest BCUT2D eigenvalue weighted by Gasteiger charge is -2.25. The first-order valence-corrected chi connectivity index (χ1v) is 8.59. The number of rotatable bonds is 6. The summed E-state index contributed by atoms with van der Waals surface area (Å²) in [4.78, 5) is 2.48. The van der Waals surface area contributed by atoms with E-state index in [2.05, 4.69) is 58.3 Å². The number of nitrogens with one attached hydrogen (secondary N) is 1. The van der Waals surface area contributed by atoms with E-state index in [1.807, 2.05) is 0 Å². The largest absolute Gasteiger partial charge is 0.316 e. The van der Waals surface area contributed by atoms with Crippen LogP contribution in [0, 0.1) is 12.8 Å². The van der Waals surface area contributed by atoms with E-state index >= 15 is 0 Å². The Labute approximate surface area is 132 Å². The maximum atomic E-state index is 3.57. The minimum Gasteiger partial charge on any atom is -0.316 e. The fourth-order valence-corrected chi connectivity index (χ4v) is 3.31. The van der Waals surface area contributed by atoms with E-state index in [0.29, 0.717) is 0 Å². The van der Waals surface area contributed by atoms with E-state index in [4.69, 9.17) is 0 Å². The molecule has 20 heavy (non-hydrogen) atoms. The molecular weight excluding hydrogens is 312 g/mol. The van der Waals surface area contributed by atoms with Gasteiger partial charge in [0.05, 0.1) is 0 Å². The van der Waals surface area contributed by atoms with E-state index in [1.165, 1.54) is 54.5 Å². The average Bonchev–Trinajstić information content (AvgIpc) is 2.47. The lowest BCUT2D eigenvalue weighted by molar-refractivity contribution is 0.275. The van der Waals surface area contributed by atoms with Crippen LogP contribution in [0.1, 0.15) is 30.4 Å². The first kappa shape index (κ1) is 16.0. The highest BCUT2D eigenvalue weighted by Gasteiger charge is 2.13. The van der Waals surface area contributed by atoms with Crippen molar-refractivity contribution < 1.29 is 0 Å². The number of piperidine rings is 1. The highest BCUT2D eigenvalue weighted by molar-refractivity contribution is 9.10. The lowest BCUT2D eigenvalue weighted by atomic mass is 9.96. The van der Waals surface area contributed by atoms with Crippen LogP contribution < -0.4 is 5.32 Å². The monoisotopic (exact) mass is 338 g/mol. The molecule has 1 saturated heterocycles. The van der Waals surface area contributed by atoms with E-state index in [1.54, 1.807) is 0 Å². The number of aryl methyl sites for hydroxylation is 1. The van der Waals surface area contributed by atoms with Crippen LogP contribution in [-0.2, 0) is 6.42 Å². The van der Waals surface area contributed by atoms with Crippen molar-refractivity contribution in [3.8, 4) is 0 Å². The Morgan fingerprint density at radius 3 is 2.95 bits per heavy atom. The summed E-state index contributed by atoms with van der Waals surface area (Å²) in [5.74, 6) is 0.888. The van der Waals surface area contributed by atoms with Crippen molar-refractivity contribution in [1.29, 1.82) is 0 Å². The van der Waals surface area contributed by atoms with Gasteiger partial charge in [0, 0.05) is 11.0 Å². The molecule has 0 spiro atoms. The molecule has 1 heterocycles. The van der Waals surface area contributed by atoms with Crippen LogP contribution in [-0.4, -0.2) is 38.1 Å². The van der Waals surface area contributed by atoms with Crippen molar-refractivity contribution in [3.05, 3.63) is 33.8 Å². The molecule has 0 aliphatic carbocycles. The first-order chi connectivity index (χ1) is 9.65. The average molecular weight is 339 g/mol. The second kappa shape index (κ2) is 8.16. The zero-order valence-corrected chi connectivity index (χ0v) is 14.4. The Balaban J connectivity index is 1.71. The maximum absolute atomic E-state index is 3.57. The topological polar surface area (TPSA) is 15.3 Å². The Bertz CT molecular complexity index is 413. The molecule has 3 heteroatoms. The molecule has 112 valence electrons. The van der Waals surface area contributed by atoms with E-state index in [9.17, 15) is 0 Å². The van der Waals surface area contributed by atoms with Gasteiger partial charge in [0.2, 0.25) is 0 Å². The van der Waals surface area contributed by atoms with Crippen LogP contribution in [0.2, 0.25) is 0 Å². The number of hydrogen-bond donors (Lipinski definition) is 1. The molecular formula is C17H27BrN2. The minimum atomic E-state index is 0.888. The Morgan fingerprint density at radius 2 is 2.20 bits per heavy atom. The summed E-state index contributed by atoms with van der Waals surface area (Å²) in [6, 6.07) is 6.58. The molecule has 1 aromatic rings. The number of likely N-dealkylation sites (N-methyl/N-ethyl adjacent to an activating group) is 1. The van der Waals surface area contributed by atoms with Gasteiger partial charge in [0.25, 0.3) is 0 Å². The Kier molecular flexibility index (Phi) is 6.53. The molecule has 0 bridgehead atoms. The summed E-state index contributed by atoms with van der Waals surface area (Å²) in [5, 5.41) is 3.51. The van der Waals surface area contributed by atoms with Crippen molar-refractivity contribution in [1.82, 2.24) is 10.2 Å². The summed E-state index contributed by atoms with van der Waals surface area (Å²) in [5.41, 5.74) is 2.86. The molecule has 1 fully saturated rings. The first-order valence-electron chi connectivity index (χ1n) is 7.79. The third-order valence-corrected chi connectivity index (χ3v) is 4.89. The van der Waals surface area contributed by atoms with Crippen LogP contribution in [0.4, 0.5) is 0 Å². The zero-order chi connectivity index (χ0) is 14.4. The normalized spacial score (nSPS) is 19.5. The molecule has 2 nitrogen and oxygen atoms in total. The highest BCUT2D eigenvalue weighted by Crippen LogP contribution is 2.17. The molecule has 1 aliphatic heterocycles. The van der Waals surface area contributed by atoms with Crippen LogP contribution >= 0.6 is 15.9 Å². The zero-order valence-electron chi connectivity index (χ0n) is 12.8. The summed E-state index contributed by atoms with van der Waals surface area (Å²) in [6.45, 7) is 7.01. The molecule has 2 rings (SSSR count). The van der Waals surface area contributed by atoms with Crippen LogP contribution in [0.5, 0.6) is 0 Å². The molecule has 1 aromatic carbocycles. The molecule has 1 N–H and O–H groups in total. The summed E-state index contributed by atoms with van der Waals surface area (Å²) < 4.78 is 1.19. The third-order valence-electron chi connectivity index (χ3n) is 4.39. The van der Waals surface area contributed by atoms with Crippen molar-refractivity contribution in [3.63, 3.8) is 0 Å². The summed E-state index contributed by atoms with van der Waals surface area (Å²) in [7, 11) is 2.25. The van der Waals surface area contributed by atoms with Gasteiger partial charge in [-0.3, -0.25) is 0 Å². The summed E-state index contributed by atoms with van der Waals surface area (Å²) >= 11 is 3.57. The smallest absolute Gasteiger partial charge is 0.0178 e. The number of benzene rings is 1. The van der Waals surface area contributed by atoms with Gasteiger partial charge in [-0.05, 0) is 88.5 Å². The molecule has 0 aromatic heterocycles. The second-order valence-corrected chi connectivity index (χ2v) is 7.04. The van der Waals surface area contributed by atoms with E-state index < -0.39 is 0 Å². The van der Waals surface area contributed by atoms with Gasteiger partial charge in [0.15, 0.2) is 0 Å². The summed E-state index contributed by atoms with van der Waals surface area (Å²) in [6.07, 6.45) is 5.24. The maximum Gasteiger partial charge on any atom is 0.0178 e. The van der Waals surface area contributed by atoms with Gasteiger partial charge < -0.3 is 10.2 Å². The molecule has 1 unspecified atom stereocenters. The van der Waals surface area contributed by atoms with Gasteiger partial charge in [-0.2, -0.15) is 0 Å². The fraction of sp³-hybridized carbons (Fsp3) is 0.647. The lowest BCUT2D eigenvalue weighted by Crippen LogP contribution is -2.32. The SMILES string of the molecule is Cc1ccc(Br)cc1CCN(C)CCC1CCCNC1. The second-order valence-electron chi connectivity index (χ2n) is 6.13. The molecule has 0 saturated carbocycles. The Hall–Kier alpha value is -0.380. The van der Waals surface area contributed by atoms with Crippen molar-refractivity contribution in [2.75, 3.05) is 33.2 Å². The molecule has 0 radical (unpaired) electrons. The highest BCUT2D eigenvalue weighted by atomic mass is 79.9. The van der Waals surface area contributed by atoms with E-state index in [-0.39, 0.29) is 0 Å². The number of hydrogen-bond acceptors (Lipinski definition) is 2. The molecule has 0 amide bonds. The Morgan fingerprint density at radius 1 is 1.35 bits per heavy atom. The van der Waals surface area contributed by atoms with Gasteiger partial charge in [-0.1, -0.05) is 22.0 Å². The van der Waals surface area contributed by atoms with Gasteiger partial charge in [-0.15, -0.1) is 0 Å². The molecule has 1 aliphatic rings. The minimum absolute atomic E-state index is 0.888. The van der Waals surface area contributed by atoms with Gasteiger partial charge in [0.1, 0.15) is 0 Å². The quantitative estimate of drug-likeness (QED) is 0.852. The molecule has 1 atom stereocenters.